The maximum atomic E-state index is 11.0. The van der Waals surface area contributed by atoms with Crippen LogP contribution in [-0.2, 0) is 4.79 Å². The highest BCUT2D eigenvalue weighted by atomic mass is 16.1. The Morgan fingerprint density at radius 2 is 1.69 bits per heavy atom. The van der Waals surface area contributed by atoms with Crippen molar-refractivity contribution in [3.8, 4) is 0 Å². The summed E-state index contributed by atoms with van der Waals surface area (Å²) in [6, 6.07) is 0. The van der Waals surface area contributed by atoms with E-state index in [9.17, 15) is 4.79 Å². The summed E-state index contributed by atoms with van der Waals surface area (Å²) in [5.74, 6) is 0.630. The van der Waals surface area contributed by atoms with Crippen molar-refractivity contribution in [3.63, 3.8) is 0 Å². The van der Waals surface area contributed by atoms with Crippen molar-refractivity contribution in [1.82, 2.24) is 0 Å². The monoisotopic (exact) mass is 178 g/mol. The summed E-state index contributed by atoms with van der Waals surface area (Å²) in [5.41, 5.74) is 2.68. The predicted molar refractivity (Wildman–Crippen MR) is 53.5 cm³/mol. The van der Waals surface area contributed by atoms with Gasteiger partial charge in [-0.15, -0.1) is 0 Å². The molecule has 0 saturated heterocycles. The Bertz CT molecular complexity index is 213. The zero-order valence-electron chi connectivity index (χ0n) is 8.22. The fourth-order valence-electron chi connectivity index (χ4n) is 2.80. The molecule has 0 spiro atoms. The van der Waals surface area contributed by atoms with Crippen LogP contribution >= 0.6 is 0 Å². The van der Waals surface area contributed by atoms with Crippen LogP contribution < -0.4 is 0 Å². The van der Waals surface area contributed by atoms with Crippen molar-refractivity contribution in [2.75, 3.05) is 0 Å². The van der Waals surface area contributed by atoms with Gasteiger partial charge in [-0.2, -0.15) is 0 Å². The van der Waals surface area contributed by atoms with Gasteiger partial charge in [-0.1, -0.05) is 18.4 Å². The molecule has 2 fully saturated rings. The SMILES string of the molecule is O=CC(=C1CCCC1)C1CCCC1. The maximum Gasteiger partial charge on any atom is 0.146 e. The van der Waals surface area contributed by atoms with Gasteiger partial charge in [-0.3, -0.25) is 4.79 Å². The molecule has 72 valence electrons. The average molecular weight is 178 g/mol. The van der Waals surface area contributed by atoms with Gasteiger partial charge in [0, 0.05) is 0 Å². The van der Waals surface area contributed by atoms with Crippen LogP contribution in [0.1, 0.15) is 51.4 Å². The van der Waals surface area contributed by atoms with Crippen molar-refractivity contribution in [3.05, 3.63) is 11.1 Å². The second kappa shape index (κ2) is 4.08. The minimum absolute atomic E-state index is 0.630. The highest BCUT2D eigenvalue weighted by Crippen LogP contribution is 2.36. The van der Waals surface area contributed by atoms with E-state index in [1.807, 2.05) is 0 Å². The Kier molecular flexibility index (Phi) is 2.82. The first-order valence-corrected chi connectivity index (χ1v) is 5.59. The summed E-state index contributed by atoms with van der Waals surface area (Å²) in [6.07, 6.45) is 11.3. The standard InChI is InChI=1S/C12H18O/c13-9-12(10-5-1-2-6-10)11-7-3-4-8-11/h9-10H,1-8H2. The van der Waals surface area contributed by atoms with E-state index < -0.39 is 0 Å². The number of rotatable bonds is 2. The zero-order valence-corrected chi connectivity index (χ0v) is 8.22. The molecular formula is C12H18O. The van der Waals surface area contributed by atoms with E-state index in [0.29, 0.717) is 5.92 Å². The molecule has 0 heterocycles. The normalized spacial score (nSPS) is 23.8. The molecule has 0 unspecified atom stereocenters. The first-order chi connectivity index (χ1) is 6.42. The first kappa shape index (κ1) is 8.98. The molecule has 0 radical (unpaired) electrons. The smallest absolute Gasteiger partial charge is 0.146 e. The number of carbonyl (C=O) groups is 1. The van der Waals surface area contributed by atoms with Crippen LogP contribution in [0.25, 0.3) is 0 Å². The molecule has 1 heteroatoms. The molecule has 0 aromatic rings. The van der Waals surface area contributed by atoms with E-state index in [1.54, 1.807) is 0 Å². The van der Waals surface area contributed by atoms with E-state index in [0.717, 1.165) is 6.29 Å². The van der Waals surface area contributed by atoms with E-state index in [1.165, 1.54) is 62.5 Å². The van der Waals surface area contributed by atoms with E-state index in [2.05, 4.69) is 0 Å². The van der Waals surface area contributed by atoms with Gasteiger partial charge < -0.3 is 0 Å². The van der Waals surface area contributed by atoms with Crippen LogP contribution in [0.4, 0.5) is 0 Å². The Labute approximate surface area is 80.2 Å². The molecule has 0 N–H and O–H groups in total. The Hall–Kier alpha value is -0.590. The van der Waals surface area contributed by atoms with Crippen molar-refractivity contribution in [1.29, 1.82) is 0 Å². The summed E-state index contributed by atoms with van der Waals surface area (Å²) >= 11 is 0. The zero-order chi connectivity index (χ0) is 9.10. The van der Waals surface area contributed by atoms with Crippen LogP contribution in [0.2, 0.25) is 0 Å². The van der Waals surface area contributed by atoms with Crippen LogP contribution in [-0.4, -0.2) is 6.29 Å². The summed E-state index contributed by atoms with van der Waals surface area (Å²) in [6.45, 7) is 0. The minimum Gasteiger partial charge on any atom is -0.298 e. The molecule has 0 atom stereocenters. The molecular weight excluding hydrogens is 160 g/mol. The summed E-state index contributed by atoms with van der Waals surface area (Å²) in [4.78, 5) is 11.0. The van der Waals surface area contributed by atoms with Gasteiger partial charge in [-0.05, 0) is 50.0 Å². The molecule has 0 aliphatic heterocycles. The quantitative estimate of drug-likeness (QED) is 0.468. The van der Waals surface area contributed by atoms with E-state index in [-0.39, 0.29) is 0 Å². The Balaban J connectivity index is 2.14. The fraction of sp³-hybridized carbons (Fsp3) is 0.750. The van der Waals surface area contributed by atoms with Crippen LogP contribution in [0.5, 0.6) is 0 Å². The van der Waals surface area contributed by atoms with Gasteiger partial charge in [0.1, 0.15) is 6.29 Å². The lowest BCUT2D eigenvalue weighted by Crippen LogP contribution is -2.03. The lowest BCUT2D eigenvalue weighted by atomic mass is 9.93. The number of aldehydes is 1. The van der Waals surface area contributed by atoms with E-state index >= 15 is 0 Å². The fourth-order valence-corrected chi connectivity index (χ4v) is 2.80. The lowest BCUT2D eigenvalue weighted by molar-refractivity contribution is -0.105. The average Bonchev–Trinajstić information content (AvgIpc) is 2.76. The molecule has 2 aliphatic carbocycles. The summed E-state index contributed by atoms with van der Waals surface area (Å²) < 4.78 is 0. The Morgan fingerprint density at radius 3 is 2.23 bits per heavy atom. The van der Waals surface area contributed by atoms with Gasteiger partial charge in [0.25, 0.3) is 0 Å². The minimum atomic E-state index is 0.630. The second-order valence-electron chi connectivity index (χ2n) is 4.37. The van der Waals surface area contributed by atoms with Crippen molar-refractivity contribution in [2.45, 2.75) is 51.4 Å². The second-order valence-corrected chi connectivity index (χ2v) is 4.37. The third kappa shape index (κ3) is 1.84. The van der Waals surface area contributed by atoms with Gasteiger partial charge in [0.2, 0.25) is 0 Å². The topological polar surface area (TPSA) is 17.1 Å². The molecule has 2 aliphatic rings. The number of hydrogen-bond donors (Lipinski definition) is 0. The third-order valence-electron chi connectivity index (χ3n) is 3.54. The number of allylic oxidation sites excluding steroid dienone is 2. The highest BCUT2D eigenvalue weighted by Gasteiger charge is 2.23. The molecule has 1 nitrogen and oxygen atoms in total. The summed E-state index contributed by atoms with van der Waals surface area (Å²) in [5, 5.41) is 0. The number of hydrogen-bond acceptors (Lipinski definition) is 1. The van der Waals surface area contributed by atoms with Gasteiger partial charge in [0.05, 0.1) is 0 Å². The van der Waals surface area contributed by atoms with Gasteiger partial charge in [-0.25, -0.2) is 0 Å². The molecule has 2 saturated carbocycles. The molecule has 0 aromatic carbocycles. The Morgan fingerprint density at radius 1 is 1.08 bits per heavy atom. The van der Waals surface area contributed by atoms with Crippen LogP contribution in [0.15, 0.2) is 11.1 Å². The predicted octanol–water partition coefficient (Wildman–Crippen LogP) is 3.25. The van der Waals surface area contributed by atoms with Crippen molar-refractivity contribution < 1.29 is 4.79 Å². The molecule has 13 heavy (non-hydrogen) atoms. The molecule has 2 rings (SSSR count). The first-order valence-electron chi connectivity index (χ1n) is 5.59. The highest BCUT2D eigenvalue weighted by molar-refractivity contribution is 5.75. The molecule has 0 bridgehead atoms. The van der Waals surface area contributed by atoms with Crippen molar-refractivity contribution >= 4 is 6.29 Å². The van der Waals surface area contributed by atoms with Crippen LogP contribution in [0.3, 0.4) is 0 Å². The summed E-state index contributed by atoms with van der Waals surface area (Å²) in [7, 11) is 0. The maximum absolute atomic E-state index is 11.0. The number of carbonyl (C=O) groups excluding carboxylic acids is 1. The largest absolute Gasteiger partial charge is 0.298 e. The molecule has 0 aromatic heterocycles. The lowest BCUT2D eigenvalue weighted by Gasteiger charge is -2.11. The van der Waals surface area contributed by atoms with Crippen LogP contribution in [0, 0.1) is 5.92 Å². The van der Waals surface area contributed by atoms with E-state index in [4.69, 9.17) is 0 Å². The third-order valence-corrected chi connectivity index (χ3v) is 3.54. The van der Waals surface area contributed by atoms with Crippen molar-refractivity contribution in [2.24, 2.45) is 5.92 Å². The van der Waals surface area contributed by atoms with Gasteiger partial charge in [0.15, 0.2) is 0 Å². The van der Waals surface area contributed by atoms with Gasteiger partial charge >= 0.3 is 0 Å². The molecule has 0 amide bonds.